The normalized spacial score (nSPS) is 26.1. The molecular formula is C49H64O5. The van der Waals surface area contributed by atoms with Crippen LogP contribution in [0.3, 0.4) is 0 Å². The Bertz CT molecular complexity index is 1590. The molecule has 3 saturated carbocycles. The maximum absolute atomic E-state index is 15.1. The Morgan fingerprint density at radius 2 is 0.963 bits per heavy atom. The van der Waals surface area contributed by atoms with Crippen molar-refractivity contribution in [3.63, 3.8) is 0 Å². The zero-order valence-electron chi connectivity index (χ0n) is 33.7. The molecule has 0 heterocycles. The Kier molecular flexibility index (Phi) is 12.9. The molecule has 0 saturated heterocycles. The number of carbonyl (C=O) groups excluding carboxylic acids is 3. The third-order valence-electron chi connectivity index (χ3n) is 13.8. The molecule has 5 heteroatoms. The first-order valence-corrected chi connectivity index (χ1v) is 21.0. The lowest BCUT2D eigenvalue weighted by Gasteiger charge is -2.45. The van der Waals surface area contributed by atoms with Gasteiger partial charge >= 0.3 is 11.9 Å². The van der Waals surface area contributed by atoms with E-state index in [9.17, 15) is 4.79 Å². The summed E-state index contributed by atoms with van der Waals surface area (Å²) in [5, 5.41) is 0. The van der Waals surface area contributed by atoms with E-state index in [0.29, 0.717) is 30.2 Å². The predicted molar refractivity (Wildman–Crippen MR) is 216 cm³/mol. The summed E-state index contributed by atoms with van der Waals surface area (Å²) < 4.78 is 13.4. The number of Topliss-reactive ketones (excluding diaryl/α,β-unsaturated/α-hetero) is 1. The van der Waals surface area contributed by atoms with E-state index in [1.807, 2.05) is 42.5 Å². The molecule has 3 aromatic rings. The number of ketones is 1. The van der Waals surface area contributed by atoms with Crippen LogP contribution in [0, 0.1) is 35.5 Å². The third-order valence-corrected chi connectivity index (χ3v) is 13.8. The number of hydrogen-bond donors (Lipinski definition) is 0. The highest BCUT2D eigenvalue weighted by molar-refractivity contribution is 6.03. The van der Waals surface area contributed by atoms with Crippen molar-refractivity contribution in [2.75, 3.05) is 0 Å². The second kappa shape index (κ2) is 17.4. The van der Waals surface area contributed by atoms with E-state index in [-0.39, 0.29) is 34.4 Å². The highest BCUT2D eigenvalue weighted by atomic mass is 16.6. The largest absolute Gasteiger partial charge is 0.461 e. The van der Waals surface area contributed by atoms with Gasteiger partial charge in [-0.2, -0.15) is 0 Å². The molecule has 0 bridgehead atoms. The number of ether oxygens (including phenoxy) is 2. The van der Waals surface area contributed by atoms with Gasteiger partial charge in [-0.3, -0.25) is 14.4 Å². The van der Waals surface area contributed by atoms with Crippen molar-refractivity contribution in [3.05, 3.63) is 108 Å². The lowest BCUT2D eigenvalue weighted by molar-refractivity contribution is -0.178. The second-order valence-corrected chi connectivity index (χ2v) is 18.3. The Labute approximate surface area is 325 Å². The highest BCUT2D eigenvalue weighted by Crippen LogP contribution is 2.47. The zero-order valence-corrected chi connectivity index (χ0v) is 33.7. The molecule has 0 N–H and O–H groups in total. The molecule has 0 unspecified atom stereocenters. The quantitative estimate of drug-likeness (QED) is 0.137. The van der Waals surface area contributed by atoms with Gasteiger partial charge in [0, 0.05) is 17.8 Å². The van der Waals surface area contributed by atoms with Gasteiger partial charge in [-0.25, -0.2) is 0 Å². The molecule has 290 valence electrons. The van der Waals surface area contributed by atoms with E-state index in [1.54, 1.807) is 0 Å². The van der Waals surface area contributed by atoms with Crippen molar-refractivity contribution in [2.24, 2.45) is 35.5 Å². The fourth-order valence-corrected chi connectivity index (χ4v) is 10.4. The van der Waals surface area contributed by atoms with E-state index in [4.69, 9.17) is 9.47 Å². The van der Waals surface area contributed by atoms with Crippen molar-refractivity contribution in [1.29, 1.82) is 0 Å². The molecule has 3 fully saturated rings. The number of hydrogen-bond acceptors (Lipinski definition) is 5. The van der Waals surface area contributed by atoms with Gasteiger partial charge in [-0.15, -0.1) is 0 Å². The molecule has 6 rings (SSSR count). The maximum atomic E-state index is 15.1. The SMILES string of the molecule is C[C@@H]1CC[C@@H](C(C)(C)c2ccccc2)[C@H](OC(=O)C(C(=O)O[C@@H]2C[C@H](C)CC[C@H]2C(C)(C)c2ccccc2)[C@H](C(=O)C2CCCCC2)c2ccccc2)C1. The van der Waals surface area contributed by atoms with Crippen molar-refractivity contribution in [1.82, 2.24) is 0 Å². The monoisotopic (exact) mass is 732 g/mol. The van der Waals surface area contributed by atoms with Gasteiger partial charge in [0.15, 0.2) is 5.92 Å². The summed E-state index contributed by atoms with van der Waals surface area (Å²) in [6.45, 7) is 13.4. The van der Waals surface area contributed by atoms with Crippen molar-refractivity contribution < 1.29 is 23.9 Å². The summed E-state index contributed by atoms with van der Waals surface area (Å²) in [6.07, 6.45) is 9.17. The van der Waals surface area contributed by atoms with Gasteiger partial charge in [-0.1, -0.05) is 165 Å². The molecular weight excluding hydrogens is 669 g/mol. The molecule has 3 aromatic carbocycles. The molecule has 0 radical (unpaired) electrons. The van der Waals surface area contributed by atoms with Gasteiger partial charge in [0.1, 0.15) is 18.0 Å². The van der Waals surface area contributed by atoms with Crippen LogP contribution < -0.4 is 0 Å². The van der Waals surface area contributed by atoms with E-state index in [1.165, 1.54) is 11.1 Å². The standard InChI is InChI=1S/C49H64O5/c1-33-27-29-39(48(3,4)37-23-15-9-16-24-37)41(31-33)53-46(51)44(43(35-19-11-7-12-20-35)45(50)36-21-13-8-14-22-36)47(52)54-42-32-34(2)28-30-40(42)49(5,6)38-25-17-10-18-26-38/h7,9-12,15-20,23-26,33-34,36,39-44H,8,13-14,21-22,27-32H2,1-6H3/t33-,34-,39-,40-,41-,42-,43-/m1/s1. The van der Waals surface area contributed by atoms with E-state index in [2.05, 4.69) is 90.1 Å². The van der Waals surface area contributed by atoms with Crippen molar-refractivity contribution in [3.8, 4) is 0 Å². The average Bonchev–Trinajstić information content (AvgIpc) is 3.17. The van der Waals surface area contributed by atoms with E-state index < -0.39 is 36.0 Å². The predicted octanol–water partition coefficient (Wildman–Crippen LogP) is 11.2. The molecule has 0 aliphatic heterocycles. The fraction of sp³-hybridized carbons (Fsp3) is 0.571. The Morgan fingerprint density at radius 3 is 1.39 bits per heavy atom. The number of esters is 2. The first-order valence-electron chi connectivity index (χ1n) is 21.0. The second-order valence-electron chi connectivity index (χ2n) is 18.3. The third kappa shape index (κ3) is 8.87. The van der Waals surface area contributed by atoms with Gasteiger partial charge in [0.25, 0.3) is 0 Å². The van der Waals surface area contributed by atoms with Crippen molar-refractivity contribution in [2.45, 2.75) is 141 Å². The van der Waals surface area contributed by atoms with Gasteiger partial charge < -0.3 is 9.47 Å². The van der Waals surface area contributed by atoms with Crippen LogP contribution in [-0.2, 0) is 34.7 Å². The van der Waals surface area contributed by atoms with Crippen LogP contribution in [0.1, 0.15) is 135 Å². The molecule has 0 spiro atoms. The Morgan fingerprint density at radius 1 is 0.556 bits per heavy atom. The summed E-state index contributed by atoms with van der Waals surface area (Å²) in [6, 6.07) is 30.4. The Balaban J connectivity index is 1.38. The van der Waals surface area contributed by atoms with Gasteiger partial charge in [-0.05, 0) is 77.9 Å². The smallest absolute Gasteiger partial charge is 0.321 e. The summed E-state index contributed by atoms with van der Waals surface area (Å²) in [5.41, 5.74) is 2.55. The van der Waals surface area contributed by atoms with Crippen molar-refractivity contribution >= 4 is 17.7 Å². The minimum atomic E-state index is -1.39. The summed E-state index contributed by atoms with van der Waals surface area (Å²) in [7, 11) is 0. The van der Waals surface area contributed by atoms with Crippen LogP contribution in [0.4, 0.5) is 0 Å². The van der Waals surface area contributed by atoms with Gasteiger partial charge in [0.05, 0.1) is 5.92 Å². The molecule has 3 aliphatic carbocycles. The summed E-state index contributed by atoms with van der Waals surface area (Å²) in [4.78, 5) is 45.0. The lowest BCUT2D eigenvalue weighted by Crippen LogP contribution is -2.48. The van der Waals surface area contributed by atoms with Crippen LogP contribution in [0.5, 0.6) is 0 Å². The van der Waals surface area contributed by atoms with E-state index >= 15 is 9.59 Å². The minimum Gasteiger partial charge on any atom is -0.461 e. The Hall–Kier alpha value is -3.73. The maximum Gasteiger partial charge on any atom is 0.321 e. The van der Waals surface area contributed by atoms with Crippen LogP contribution in [0.25, 0.3) is 0 Å². The molecule has 7 atom stereocenters. The van der Waals surface area contributed by atoms with Crippen LogP contribution in [-0.4, -0.2) is 29.9 Å². The van der Waals surface area contributed by atoms with Crippen LogP contribution in [0.15, 0.2) is 91.0 Å². The summed E-state index contributed by atoms with van der Waals surface area (Å²) in [5.74, 6) is -2.99. The molecule has 3 aliphatic rings. The average molecular weight is 733 g/mol. The number of benzene rings is 3. The lowest BCUT2D eigenvalue weighted by atomic mass is 9.64. The number of rotatable bonds is 12. The highest BCUT2D eigenvalue weighted by Gasteiger charge is 2.50. The number of carbonyl (C=O) groups is 3. The first kappa shape index (κ1) is 39.9. The van der Waals surface area contributed by atoms with Crippen LogP contribution >= 0.6 is 0 Å². The fourth-order valence-electron chi connectivity index (χ4n) is 10.4. The molecule has 0 aromatic heterocycles. The molecule has 5 nitrogen and oxygen atoms in total. The molecule has 0 amide bonds. The first-order chi connectivity index (χ1) is 25.9. The summed E-state index contributed by atoms with van der Waals surface area (Å²) >= 11 is 0. The topological polar surface area (TPSA) is 69.7 Å². The van der Waals surface area contributed by atoms with Gasteiger partial charge in [0.2, 0.25) is 0 Å². The minimum absolute atomic E-state index is 0.0313. The zero-order chi connectivity index (χ0) is 38.5. The molecule has 54 heavy (non-hydrogen) atoms. The van der Waals surface area contributed by atoms with Crippen LogP contribution in [0.2, 0.25) is 0 Å². The van der Waals surface area contributed by atoms with E-state index in [0.717, 1.165) is 57.8 Å².